The number of piperidine rings is 1. The van der Waals surface area contributed by atoms with Crippen LogP contribution in [0, 0.1) is 17.1 Å². The van der Waals surface area contributed by atoms with E-state index >= 15 is 0 Å². The molecular weight excluding hydrogens is 462 g/mol. The van der Waals surface area contributed by atoms with Gasteiger partial charge in [0.15, 0.2) is 0 Å². The number of rotatable bonds is 4. The van der Waals surface area contributed by atoms with E-state index in [4.69, 9.17) is 16.9 Å². The van der Waals surface area contributed by atoms with Gasteiger partial charge < -0.3 is 15.1 Å². The first-order valence-electron chi connectivity index (χ1n) is 10.4. The van der Waals surface area contributed by atoms with Gasteiger partial charge in [-0.1, -0.05) is 11.6 Å². The number of amides is 1. The van der Waals surface area contributed by atoms with E-state index in [0.717, 1.165) is 18.3 Å². The van der Waals surface area contributed by atoms with Crippen LogP contribution in [-0.2, 0) is 11.0 Å². The van der Waals surface area contributed by atoms with E-state index in [1.54, 1.807) is 4.90 Å². The van der Waals surface area contributed by atoms with Gasteiger partial charge in [-0.05, 0) is 43.5 Å². The summed E-state index contributed by atoms with van der Waals surface area (Å²) >= 11 is 6.06. The lowest BCUT2D eigenvalue weighted by Gasteiger charge is -2.37. The molecule has 2 aliphatic heterocycles. The van der Waals surface area contributed by atoms with E-state index in [0.29, 0.717) is 44.7 Å². The lowest BCUT2D eigenvalue weighted by Crippen LogP contribution is -2.47. The second kappa shape index (κ2) is 9.06. The second-order valence-corrected chi connectivity index (χ2v) is 8.48. The molecule has 0 bridgehead atoms. The molecule has 0 aliphatic carbocycles. The largest absolute Gasteiger partial charge is 0.417 e. The third kappa shape index (κ3) is 4.83. The molecule has 1 atom stereocenters. The SMILES string of the molecule is N#Cc1ccc(NC2CCN(C3CCN(c4ncc(C(F)(F)F)cc4Cl)CC3)C2=O)c(F)c1. The summed E-state index contributed by atoms with van der Waals surface area (Å²) in [5, 5.41) is 11.7. The summed E-state index contributed by atoms with van der Waals surface area (Å²) in [6, 6.07) is 6.21. The maximum atomic E-state index is 14.2. The minimum absolute atomic E-state index is 0.0282. The molecule has 3 heterocycles. The predicted molar refractivity (Wildman–Crippen MR) is 114 cm³/mol. The van der Waals surface area contributed by atoms with Crippen LogP contribution in [0.1, 0.15) is 30.4 Å². The van der Waals surface area contributed by atoms with E-state index in [1.807, 2.05) is 11.0 Å². The highest BCUT2D eigenvalue weighted by atomic mass is 35.5. The van der Waals surface area contributed by atoms with Crippen molar-refractivity contribution >= 4 is 29.0 Å². The van der Waals surface area contributed by atoms with Crippen LogP contribution < -0.4 is 10.2 Å². The van der Waals surface area contributed by atoms with E-state index in [-0.39, 0.29) is 28.2 Å². The number of pyridine rings is 1. The topological polar surface area (TPSA) is 72.3 Å². The minimum atomic E-state index is -4.51. The van der Waals surface area contributed by atoms with Gasteiger partial charge in [0.1, 0.15) is 17.7 Å². The van der Waals surface area contributed by atoms with Crippen LogP contribution >= 0.6 is 11.6 Å². The van der Waals surface area contributed by atoms with Crippen LogP contribution in [0.2, 0.25) is 5.02 Å². The lowest BCUT2D eigenvalue weighted by atomic mass is 10.0. The van der Waals surface area contributed by atoms with E-state index in [9.17, 15) is 22.4 Å². The van der Waals surface area contributed by atoms with Crippen molar-refractivity contribution in [2.45, 2.75) is 37.5 Å². The molecule has 0 spiro atoms. The Kier molecular flexibility index (Phi) is 6.34. The number of carbonyl (C=O) groups excluding carboxylic acids is 1. The van der Waals surface area contributed by atoms with E-state index in [2.05, 4.69) is 10.3 Å². The first-order chi connectivity index (χ1) is 15.7. The molecule has 1 unspecified atom stereocenters. The average molecular weight is 482 g/mol. The number of alkyl halides is 3. The van der Waals surface area contributed by atoms with Gasteiger partial charge in [0.25, 0.3) is 0 Å². The summed E-state index contributed by atoms with van der Waals surface area (Å²) in [4.78, 5) is 20.4. The molecule has 1 aromatic carbocycles. The van der Waals surface area contributed by atoms with Crippen LogP contribution in [-0.4, -0.2) is 47.5 Å². The van der Waals surface area contributed by atoms with Crippen molar-refractivity contribution in [2.24, 2.45) is 0 Å². The number of carbonyl (C=O) groups is 1. The van der Waals surface area contributed by atoms with Gasteiger partial charge in [-0.2, -0.15) is 18.4 Å². The first-order valence-corrected chi connectivity index (χ1v) is 10.8. The maximum absolute atomic E-state index is 14.2. The first kappa shape index (κ1) is 23.1. The Balaban J connectivity index is 1.36. The molecule has 2 aliphatic rings. The number of anilines is 2. The molecule has 1 aromatic heterocycles. The third-order valence-electron chi connectivity index (χ3n) is 6.02. The normalized spacial score (nSPS) is 19.6. The molecule has 2 aromatic rings. The standard InChI is InChI=1S/C22H20ClF4N5O/c23-16-10-14(22(25,26)27)12-29-20(16)31-6-3-15(4-7-31)32-8-5-19(21(32)33)30-18-2-1-13(11-28)9-17(18)24/h1-2,9-10,12,15,19,30H,3-8H2. The second-order valence-electron chi connectivity index (χ2n) is 8.07. The highest BCUT2D eigenvalue weighted by Crippen LogP contribution is 2.35. The van der Waals surface area contributed by atoms with Crippen LogP contribution in [0.4, 0.5) is 29.1 Å². The molecule has 0 saturated carbocycles. The van der Waals surface area contributed by atoms with Gasteiger partial charge >= 0.3 is 6.18 Å². The van der Waals surface area contributed by atoms with Gasteiger partial charge in [0.2, 0.25) is 5.91 Å². The fraction of sp³-hybridized carbons (Fsp3) is 0.409. The van der Waals surface area contributed by atoms with E-state index < -0.39 is 23.6 Å². The van der Waals surface area contributed by atoms with Crippen LogP contribution in [0.3, 0.4) is 0 Å². The Morgan fingerprint density at radius 1 is 1.15 bits per heavy atom. The summed E-state index contributed by atoms with van der Waals surface area (Å²) in [5.41, 5.74) is -0.523. The van der Waals surface area contributed by atoms with Crippen molar-refractivity contribution < 1.29 is 22.4 Å². The van der Waals surface area contributed by atoms with Gasteiger partial charge in [-0.3, -0.25) is 4.79 Å². The fourth-order valence-electron chi connectivity index (χ4n) is 4.30. The molecular formula is C22H20ClF4N5O. The van der Waals surface area contributed by atoms with Crippen molar-refractivity contribution in [3.8, 4) is 6.07 Å². The number of nitrogens with zero attached hydrogens (tertiary/aromatic N) is 4. The number of aromatic nitrogens is 1. The number of halogens is 5. The predicted octanol–water partition coefficient (Wildman–Crippen LogP) is 4.45. The molecule has 11 heteroatoms. The third-order valence-corrected chi connectivity index (χ3v) is 6.30. The number of benzene rings is 1. The molecule has 2 fully saturated rings. The maximum Gasteiger partial charge on any atom is 0.417 e. The van der Waals surface area contributed by atoms with Crippen molar-refractivity contribution in [1.29, 1.82) is 5.26 Å². The van der Waals surface area contributed by atoms with Gasteiger partial charge in [-0.15, -0.1) is 0 Å². The average Bonchev–Trinajstić information content (AvgIpc) is 3.14. The van der Waals surface area contributed by atoms with Crippen LogP contribution in [0.15, 0.2) is 30.5 Å². The number of likely N-dealkylation sites (tertiary alicyclic amines) is 1. The zero-order chi connectivity index (χ0) is 23.8. The quantitative estimate of drug-likeness (QED) is 0.653. The summed E-state index contributed by atoms with van der Waals surface area (Å²) in [7, 11) is 0. The number of nitrogens with one attached hydrogen (secondary N) is 1. The highest BCUT2D eigenvalue weighted by Gasteiger charge is 2.38. The van der Waals surface area contributed by atoms with Crippen molar-refractivity contribution in [1.82, 2.24) is 9.88 Å². The molecule has 0 radical (unpaired) electrons. The molecule has 1 N–H and O–H groups in total. The Bertz CT molecular complexity index is 1100. The lowest BCUT2D eigenvalue weighted by molar-refractivity contribution is -0.137. The monoisotopic (exact) mass is 481 g/mol. The molecule has 6 nitrogen and oxygen atoms in total. The zero-order valence-electron chi connectivity index (χ0n) is 17.4. The molecule has 2 saturated heterocycles. The van der Waals surface area contributed by atoms with Crippen molar-refractivity contribution in [3.05, 3.63) is 52.4 Å². The highest BCUT2D eigenvalue weighted by molar-refractivity contribution is 6.33. The molecule has 1 amide bonds. The van der Waals surface area contributed by atoms with Crippen molar-refractivity contribution in [2.75, 3.05) is 29.9 Å². The Morgan fingerprint density at radius 2 is 1.88 bits per heavy atom. The minimum Gasteiger partial charge on any atom is -0.371 e. The molecule has 174 valence electrons. The van der Waals surface area contributed by atoms with Crippen LogP contribution in [0.5, 0.6) is 0 Å². The fourth-order valence-corrected chi connectivity index (χ4v) is 4.58. The Hall–Kier alpha value is -3.06. The van der Waals surface area contributed by atoms with Crippen LogP contribution in [0.25, 0.3) is 0 Å². The Labute approximate surface area is 192 Å². The zero-order valence-corrected chi connectivity index (χ0v) is 18.1. The van der Waals surface area contributed by atoms with E-state index in [1.165, 1.54) is 12.1 Å². The number of hydrogen-bond donors (Lipinski definition) is 1. The smallest absolute Gasteiger partial charge is 0.371 e. The summed E-state index contributed by atoms with van der Waals surface area (Å²) in [6.07, 6.45) is -1.99. The Morgan fingerprint density at radius 3 is 2.48 bits per heavy atom. The number of nitriles is 1. The number of hydrogen-bond acceptors (Lipinski definition) is 5. The van der Waals surface area contributed by atoms with Crippen molar-refractivity contribution in [3.63, 3.8) is 0 Å². The van der Waals surface area contributed by atoms with Gasteiger partial charge in [0.05, 0.1) is 27.9 Å². The molecule has 33 heavy (non-hydrogen) atoms. The summed E-state index contributed by atoms with van der Waals surface area (Å²) < 4.78 is 52.7. The molecule has 4 rings (SSSR count). The summed E-state index contributed by atoms with van der Waals surface area (Å²) in [5.74, 6) is -0.413. The van der Waals surface area contributed by atoms with Gasteiger partial charge in [-0.25, -0.2) is 9.37 Å². The summed E-state index contributed by atoms with van der Waals surface area (Å²) in [6.45, 7) is 1.52. The van der Waals surface area contributed by atoms with Gasteiger partial charge in [0, 0.05) is 31.9 Å².